The van der Waals surface area contributed by atoms with Gasteiger partial charge in [0, 0.05) is 40.3 Å². The summed E-state index contributed by atoms with van der Waals surface area (Å²) >= 11 is 0. The number of nitrogens with zero attached hydrogens (tertiary/aromatic N) is 4. The summed E-state index contributed by atoms with van der Waals surface area (Å²) < 4.78 is 24.8. The van der Waals surface area contributed by atoms with Crippen molar-refractivity contribution < 1.29 is 14.2 Å². The van der Waals surface area contributed by atoms with E-state index in [9.17, 15) is 0 Å². The van der Waals surface area contributed by atoms with E-state index < -0.39 is 0 Å². The van der Waals surface area contributed by atoms with Gasteiger partial charge in [0.2, 0.25) is 0 Å². The van der Waals surface area contributed by atoms with E-state index in [4.69, 9.17) is 24.3 Å². The summed E-state index contributed by atoms with van der Waals surface area (Å²) in [5.41, 5.74) is 14.1. The molecule has 0 unspecified atom stereocenters. The molecule has 0 atom stereocenters. The lowest BCUT2D eigenvalue weighted by atomic mass is 9.34. The predicted octanol–water partition coefficient (Wildman–Crippen LogP) is 13.1. The number of ether oxygens (including phenoxy) is 3. The van der Waals surface area contributed by atoms with Crippen molar-refractivity contribution in [3.05, 3.63) is 162 Å². The molecule has 66 heavy (non-hydrogen) atoms. The van der Waals surface area contributed by atoms with Crippen LogP contribution in [-0.4, -0.2) is 26.0 Å². The fourth-order valence-electron chi connectivity index (χ4n) is 9.80. The Bertz CT molecular complexity index is 3360. The Morgan fingerprint density at radius 1 is 0.530 bits per heavy atom. The molecule has 0 saturated heterocycles. The van der Waals surface area contributed by atoms with E-state index in [0.717, 1.165) is 107 Å². The first-order valence-electron chi connectivity index (χ1n) is 23.1. The standard InChI is InChI=1S/C58H55BN4O3/c1-34-25-35(2)63(61-34)41-13-12-14-42(32-41)64-43-18-19-44-45-26-36(15-22-48(45)62(49(44)33-43)54-31-40(23-24-60-54)58(9,10)11)37-27-52-55-53(28-37)66-51-30-39(57(6,7)8)17-21-47(51)59(55)46-20-16-38(56(3,4)5)29-50(46)65-52/h12-33H,1-11H3. The maximum atomic E-state index is 6.96. The number of rotatable bonds is 5. The van der Waals surface area contributed by atoms with Gasteiger partial charge in [-0.1, -0.05) is 98.7 Å². The lowest BCUT2D eigenvalue weighted by Crippen LogP contribution is -2.57. The Morgan fingerprint density at radius 2 is 1.17 bits per heavy atom. The van der Waals surface area contributed by atoms with Crippen molar-refractivity contribution in [2.24, 2.45) is 0 Å². The molecule has 7 nitrogen and oxygen atoms in total. The number of fused-ring (bicyclic) bond motifs is 7. The SMILES string of the molecule is Cc1cc(C)n(-c2cccc(Oc3ccc4c5cc(-c6cc7c8c(c6)Oc6cc(C(C)(C)C)ccc6B8c6ccc(C(C)(C)C)cc6O7)ccc5n(-c5cc(C(C)(C)C)ccn5)c4c3)c2)n1. The molecule has 0 bridgehead atoms. The number of aryl methyl sites for hydroxylation is 2. The van der Waals surface area contributed by atoms with Crippen LogP contribution >= 0.6 is 0 Å². The maximum Gasteiger partial charge on any atom is 0.260 e. The third-order valence-electron chi connectivity index (χ3n) is 13.4. The Hall–Kier alpha value is -7.06. The van der Waals surface area contributed by atoms with Crippen molar-refractivity contribution in [3.8, 4) is 57.1 Å². The topological polar surface area (TPSA) is 63.3 Å². The van der Waals surface area contributed by atoms with Gasteiger partial charge in [0.1, 0.15) is 40.3 Å². The molecule has 11 rings (SSSR count). The predicted molar refractivity (Wildman–Crippen MR) is 271 cm³/mol. The molecule has 0 spiro atoms. The molecule has 3 aromatic heterocycles. The van der Waals surface area contributed by atoms with Gasteiger partial charge < -0.3 is 14.2 Å². The Labute approximate surface area is 388 Å². The van der Waals surface area contributed by atoms with E-state index in [1.807, 2.05) is 36.0 Å². The van der Waals surface area contributed by atoms with Crippen molar-refractivity contribution in [1.82, 2.24) is 19.3 Å². The van der Waals surface area contributed by atoms with Gasteiger partial charge >= 0.3 is 0 Å². The first-order valence-corrected chi connectivity index (χ1v) is 23.1. The minimum absolute atomic E-state index is 0.0193. The van der Waals surface area contributed by atoms with Crippen LogP contribution in [0.1, 0.15) is 90.4 Å². The van der Waals surface area contributed by atoms with Gasteiger partial charge in [-0.3, -0.25) is 4.57 Å². The Morgan fingerprint density at radius 3 is 1.79 bits per heavy atom. The van der Waals surface area contributed by atoms with Crippen molar-refractivity contribution in [3.63, 3.8) is 0 Å². The first kappa shape index (κ1) is 41.6. The lowest BCUT2D eigenvalue weighted by molar-refractivity contribution is 0.461. The molecule has 2 aliphatic rings. The normalized spacial score (nSPS) is 13.3. The van der Waals surface area contributed by atoms with Crippen LogP contribution in [0.25, 0.3) is 44.4 Å². The molecule has 0 saturated carbocycles. The molecule has 5 heterocycles. The quantitative estimate of drug-likeness (QED) is 0.161. The van der Waals surface area contributed by atoms with Crippen molar-refractivity contribution >= 4 is 44.9 Å². The fraction of sp³-hybridized carbons (Fsp3) is 0.241. The van der Waals surface area contributed by atoms with Gasteiger partial charge in [-0.2, -0.15) is 5.10 Å². The molecule has 0 N–H and O–H groups in total. The second-order valence-electron chi connectivity index (χ2n) is 21.4. The van der Waals surface area contributed by atoms with E-state index in [0.29, 0.717) is 0 Å². The third-order valence-corrected chi connectivity index (χ3v) is 13.4. The summed E-state index contributed by atoms with van der Waals surface area (Å²) in [5.74, 6) is 5.76. The number of pyridine rings is 1. The largest absolute Gasteiger partial charge is 0.458 e. The van der Waals surface area contributed by atoms with Gasteiger partial charge in [-0.25, -0.2) is 9.67 Å². The molecule has 2 aliphatic heterocycles. The molecule has 0 amide bonds. The second-order valence-corrected chi connectivity index (χ2v) is 21.4. The molecule has 0 radical (unpaired) electrons. The van der Waals surface area contributed by atoms with Gasteiger partial charge in [0.05, 0.1) is 22.4 Å². The number of hydrogen-bond acceptors (Lipinski definition) is 5. The highest BCUT2D eigenvalue weighted by molar-refractivity contribution is 6.98. The zero-order valence-corrected chi connectivity index (χ0v) is 39.8. The molecule has 6 aromatic carbocycles. The smallest absolute Gasteiger partial charge is 0.260 e. The van der Waals surface area contributed by atoms with Crippen LogP contribution in [0.4, 0.5) is 0 Å². The Kier molecular flexibility index (Phi) is 9.29. The highest BCUT2D eigenvalue weighted by Crippen LogP contribution is 2.43. The molecular formula is C58H55BN4O3. The number of hydrogen-bond donors (Lipinski definition) is 0. The van der Waals surface area contributed by atoms with E-state index in [1.165, 1.54) is 16.7 Å². The highest BCUT2D eigenvalue weighted by atomic mass is 16.5. The molecule has 0 aliphatic carbocycles. The highest BCUT2D eigenvalue weighted by Gasteiger charge is 2.41. The lowest BCUT2D eigenvalue weighted by Gasteiger charge is -2.35. The van der Waals surface area contributed by atoms with Crippen LogP contribution in [0, 0.1) is 13.8 Å². The second kappa shape index (κ2) is 14.7. The summed E-state index contributed by atoms with van der Waals surface area (Å²) in [7, 11) is 0. The van der Waals surface area contributed by atoms with E-state index in [2.05, 4.69) is 183 Å². The third kappa shape index (κ3) is 7.05. The zero-order chi connectivity index (χ0) is 46.0. The van der Waals surface area contributed by atoms with Crippen LogP contribution in [-0.2, 0) is 16.2 Å². The summed E-state index contributed by atoms with van der Waals surface area (Å²) in [5, 5.41) is 6.91. The summed E-state index contributed by atoms with van der Waals surface area (Å²) in [6.45, 7) is 24.3. The summed E-state index contributed by atoms with van der Waals surface area (Å²) in [4.78, 5) is 4.99. The summed E-state index contributed by atoms with van der Waals surface area (Å²) in [6, 6.07) is 45.5. The van der Waals surface area contributed by atoms with Crippen LogP contribution in [0.3, 0.4) is 0 Å². The molecule has 9 aromatic rings. The molecule has 328 valence electrons. The molecule has 0 fully saturated rings. The minimum Gasteiger partial charge on any atom is -0.458 e. The van der Waals surface area contributed by atoms with Gasteiger partial charge in [-0.15, -0.1) is 0 Å². The van der Waals surface area contributed by atoms with Gasteiger partial charge in [-0.05, 0) is 148 Å². The maximum absolute atomic E-state index is 6.96. The van der Waals surface area contributed by atoms with Crippen molar-refractivity contribution in [2.75, 3.05) is 0 Å². The molecular weight excluding hydrogens is 811 g/mol. The van der Waals surface area contributed by atoms with Crippen LogP contribution < -0.4 is 30.6 Å². The summed E-state index contributed by atoms with van der Waals surface area (Å²) in [6.07, 6.45) is 1.92. The fourth-order valence-corrected chi connectivity index (χ4v) is 9.80. The molecule has 8 heteroatoms. The van der Waals surface area contributed by atoms with Gasteiger partial charge in [0.25, 0.3) is 6.71 Å². The van der Waals surface area contributed by atoms with E-state index in [-0.39, 0.29) is 23.0 Å². The average molecular weight is 867 g/mol. The van der Waals surface area contributed by atoms with Crippen LogP contribution in [0.2, 0.25) is 0 Å². The number of benzene rings is 6. The van der Waals surface area contributed by atoms with Crippen LogP contribution in [0.5, 0.6) is 34.5 Å². The zero-order valence-electron chi connectivity index (χ0n) is 39.8. The first-order chi connectivity index (χ1) is 31.4. The minimum atomic E-state index is -0.0616. The van der Waals surface area contributed by atoms with E-state index in [1.54, 1.807) is 0 Å². The Balaban J connectivity index is 1.06. The van der Waals surface area contributed by atoms with Crippen molar-refractivity contribution in [1.29, 1.82) is 0 Å². The van der Waals surface area contributed by atoms with Crippen LogP contribution in [0.15, 0.2) is 134 Å². The van der Waals surface area contributed by atoms with E-state index >= 15 is 0 Å². The number of aromatic nitrogens is 4. The average Bonchev–Trinajstić information content (AvgIpc) is 3.79. The monoisotopic (exact) mass is 866 g/mol. The van der Waals surface area contributed by atoms with Crippen molar-refractivity contribution in [2.45, 2.75) is 92.4 Å². The van der Waals surface area contributed by atoms with Gasteiger partial charge in [0.15, 0.2) is 0 Å².